The first kappa shape index (κ1) is 25.6. The summed E-state index contributed by atoms with van der Waals surface area (Å²) in [7, 11) is 0. The number of carboxylic acids is 1. The average molecular weight is 542 g/mol. The first-order valence-corrected chi connectivity index (χ1v) is 13.1. The molecule has 0 bridgehead atoms. The quantitative estimate of drug-likeness (QED) is 0.261. The minimum Gasteiger partial charge on any atom is -0.478 e. The number of aromatic nitrogens is 1. The van der Waals surface area contributed by atoms with E-state index < -0.39 is 5.97 Å². The molecule has 3 aromatic carbocycles. The van der Waals surface area contributed by atoms with Crippen LogP contribution in [0, 0.1) is 13.8 Å². The van der Waals surface area contributed by atoms with Crippen LogP contribution in [0.5, 0.6) is 0 Å². The Kier molecular flexibility index (Phi) is 7.22. The highest BCUT2D eigenvalue weighted by molar-refractivity contribution is 8.18. The zero-order valence-corrected chi connectivity index (χ0v) is 22.3. The van der Waals surface area contributed by atoms with E-state index in [0.717, 1.165) is 33.9 Å². The number of hydrogen-bond donors (Lipinski definition) is 1. The number of aliphatic imine (C=N–C) groups is 1. The molecule has 8 heteroatoms. The van der Waals surface area contributed by atoms with Crippen molar-refractivity contribution in [2.45, 2.75) is 20.4 Å². The van der Waals surface area contributed by atoms with Crippen molar-refractivity contribution in [2.75, 3.05) is 0 Å². The van der Waals surface area contributed by atoms with E-state index in [1.807, 2.05) is 74.5 Å². The van der Waals surface area contributed by atoms with Crippen LogP contribution >= 0.6 is 23.4 Å². The normalized spacial score (nSPS) is 15.6. The molecule has 1 aliphatic heterocycles. The van der Waals surface area contributed by atoms with Gasteiger partial charge < -0.3 is 9.67 Å². The number of nitrogens with zero attached hydrogens (tertiary/aromatic N) is 3. The molecular formula is C30H24ClN3O3S. The van der Waals surface area contributed by atoms with Crippen molar-refractivity contribution in [3.05, 3.63) is 123 Å². The molecule has 1 saturated heterocycles. The topological polar surface area (TPSA) is 74.9 Å². The number of carbonyl (C=O) groups is 2. The van der Waals surface area contributed by atoms with E-state index in [-0.39, 0.29) is 18.0 Å². The molecule has 5 rings (SSSR count). The van der Waals surface area contributed by atoms with Gasteiger partial charge >= 0.3 is 5.97 Å². The van der Waals surface area contributed by atoms with E-state index >= 15 is 0 Å². The lowest BCUT2D eigenvalue weighted by Crippen LogP contribution is -2.28. The van der Waals surface area contributed by atoms with Crippen LogP contribution in [-0.4, -0.2) is 31.6 Å². The summed E-state index contributed by atoms with van der Waals surface area (Å²) in [5.41, 5.74) is 5.75. The summed E-state index contributed by atoms with van der Waals surface area (Å²) < 4.78 is 2.13. The maximum atomic E-state index is 13.6. The second-order valence-electron chi connectivity index (χ2n) is 8.87. The van der Waals surface area contributed by atoms with E-state index in [1.165, 1.54) is 11.8 Å². The summed E-state index contributed by atoms with van der Waals surface area (Å²) in [5.74, 6) is -1.14. The molecule has 0 aliphatic carbocycles. The molecule has 0 unspecified atom stereocenters. The first-order valence-electron chi connectivity index (χ1n) is 11.9. The molecule has 1 fully saturated rings. The highest BCUT2D eigenvalue weighted by Crippen LogP contribution is 2.36. The molecule has 2 heterocycles. The second-order valence-corrected chi connectivity index (χ2v) is 10.3. The highest BCUT2D eigenvalue weighted by Gasteiger charge is 2.34. The third-order valence-electron chi connectivity index (χ3n) is 6.25. The van der Waals surface area contributed by atoms with Crippen molar-refractivity contribution in [2.24, 2.45) is 4.99 Å². The van der Waals surface area contributed by atoms with Gasteiger partial charge in [0.2, 0.25) is 0 Å². The summed E-state index contributed by atoms with van der Waals surface area (Å²) in [6, 6.07) is 25.7. The van der Waals surface area contributed by atoms with Gasteiger partial charge in [0, 0.05) is 22.1 Å². The molecule has 6 nitrogen and oxygen atoms in total. The van der Waals surface area contributed by atoms with Crippen LogP contribution in [0.1, 0.15) is 32.9 Å². The Bertz CT molecular complexity index is 1570. The van der Waals surface area contributed by atoms with Gasteiger partial charge in [-0.05, 0) is 97.4 Å². The summed E-state index contributed by atoms with van der Waals surface area (Å²) >= 11 is 7.41. The van der Waals surface area contributed by atoms with Gasteiger partial charge in [0.1, 0.15) is 0 Å². The van der Waals surface area contributed by atoms with Crippen LogP contribution in [-0.2, 0) is 11.3 Å². The van der Waals surface area contributed by atoms with Crippen LogP contribution < -0.4 is 0 Å². The van der Waals surface area contributed by atoms with Crippen molar-refractivity contribution in [3.63, 3.8) is 0 Å². The lowest BCUT2D eigenvalue weighted by molar-refractivity contribution is -0.122. The largest absolute Gasteiger partial charge is 0.478 e. The zero-order valence-electron chi connectivity index (χ0n) is 20.8. The van der Waals surface area contributed by atoms with Gasteiger partial charge in [0.25, 0.3) is 5.91 Å². The Morgan fingerprint density at radius 1 is 1.00 bits per heavy atom. The maximum absolute atomic E-state index is 13.6. The molecule has 0 atom stereocenters. The molecule has 38 heavy (non-hydrogen) atoms. The Morgan fingerprint density at radius 2 is 1.68 bits per heavy atom. The van der Waals surface area contributed by atoms with Crippen LogP contribution in [0.25, 0.3) is 11.8 Å². The lowest BCUT2D eigenvalue weighted by atomic mass is 10.1. The number of aryl methyl sites for hydroxylation is 1. The third kappa shape index (κ3) is 5.30. The predicted octanol–water partition coefficient (Wildman–Crippen LogP) is 7.25. The van der Waals surface area contributed by atoms with Crippen molar-refractivity contribution in [3.8, 4) is 5.69 Å². The zero-order chi connectivity index (χ0) is 26.8. The number of hydrogen-bond acceptors (Lipinski definition) is 4. The average Bonchev–Trinajstić information content (AvgIpc) is 3.35. The number of carboxylic acid groups (broad SMARTS) is 1. The number of amidine groups is 1. The van der Waals surface area contributed by atoms with Gasteiger partial charge in [0.05, 0.1) is 22.7 Å². The number of benzene rings is 3. The van der Waals surface area contributed by atoms with Crippen molar-refractivity contribution >= 4 is 52.2 Å². The Hall–Kier alpha value is -4.07. The second kappa shape index (κ2) is 10.7. The number of carbonyl (C=O) groups excluding carboxylic acids is 1. The van der Waals surface area contributed by atoms with Crippen LogP contribution in [0.3, 0.4) is 0 Å². The molecule has 4 aromatic rings. The number of para-hydroxylation sites is 1. The molecular weight excluding hydrogens is 518 g/mol. The van der Waals surface area contributed by atoms with Gasteiger partial charge in [-0.1, -0.05) is 41.9 Å². The Balaban J connectivity index is 1.50. The lowest BCUT2D eigenvalue weighted by Gasteiger charge is -2.16. The molecule has 1 aromatic heterocycles. The van der Waals surface area contributed by atoms with Crippen molar-refractivity contribution in [1.82, 2.24) is 9.47 Å². The highest BCUT2D eigenvalue weighted by atomic mass is 35.5. The van der Waals surface area contributed by atoms with Crippen LogP contribution in [0.15, 0.2) is 94.8 Å². The fraction of sp³-hybridized carbons (Fsp3) is 0.100. The fourth-order valence-corrected chi connectivity index (χ4v) is 5.46. The minimum atomic E-state index is -0.989. The molecule has 0 spiro atoms. The summed E-state index contributed by atoms with van der Waals surface area (Å²) in [6.07, 6.45) is 1.91. The van der Waals surface area contributed by atoms with Crippen LogP contribution in [0.4, 0.5) is 5.69 Å². The minimum absolute atomic E-state index is 0.150. The van der Waals surface area contributed by atoms with Crippen LogP contribution in [0.2, 0.25) is 5.02 Å². The SMILES string of the molecule is Cc1cc(/C=C2/SC(=Nc3ccccc3)N(Cc3ccc(C(=O)O)cc3)C2=O)c(C)n1-c1ccc(Cl)cc1. The number of amides is 1. The van der Waals surface area contributed by atoms with Gasteiger partial charge in [-0.3, -0.25) is 9.69 Å². The van der Waals surface area contributed by atoms with Gasteiger partial charge in [0.15, 0.2) is 5.17 Å². The number of aromatic carboxylic acids is 1. The Labute approximate surface area is 229 Å². The van der Waals surface area contributed by atoms with E-state index in [2.05, 4.69) is 10.6 Å². The summed E-state index contributed by atoms with van der Waals surface area (Å²) in [5, 5.41) is 10.5. The van der Waals surface area contributed by atoms with Crippen molar-refractivity contribution < 1.29 is 14.7 Å². The van der Waals surface area contributed by atoms with Gasteiger partial charge in [-0.15, -0.1) is 0 Å². The van der Waals surface area contributed by atoms with Gasteiger partial charge in [-0.25, -0.2) is 9.79 Å². The van der Waals surface area contributed by atoms with Gasteiger partial charge in [-0.2, -0.15) is 0 Å². The van der Waals surface area contributed by atoms with E-state index in [0.29, 0.717) is 15.1 Å². The van der Waals surface area contributed by atoms with E-state index in [1.54, 1.807) is 29.2 Å². The standard InChI is InChI=1S/C30H24ClN3O3S/c1-19-16-23(20(2)34(19)26-14-12-24(31)13-15-26)17-27-28(35)33(18-21-8-10-22(11-9-21)29(36)37)30(38-27)32-25-6-4-3-5-7-25/h3-17H,18H2,1-2H3,(H,36,37)/b27-17+,32-30?. The smallest absolute Gasteiger partial charge is 0.335 e. The van der Waals surface area contributed by atoms with Crippen molar-refractivity contribution in [1.29, 1.82) is 0 Å². The Morgan fingerprint density at radius 3 is 2.34 bits per heavy atom. The number of thioether (sulfide) groups is 1. The predicted molar refractivity (Wildman–Crippen MR) is 153 cm³/mol. The molecule has 1 N–H and O–H groups in total. The molecule has 0 radical (unpaired) electrons. The molecule has 0 saturated carbocycles. The fourth-order valence-electron chi connectivity index (χ4n) is 4.34. The summed E-state index contributed by atoms with van der Waals surface area (Å²) in [4.78, 5) is 31.8. The number of rotatable bonds is 6. The first-order chi connectivity index (χ1) is 18.3. The van der Waals surface area contributed by atoms with E-state index in [4.69, 9.17) is 16.6 Å². The number of halogens is 1. The monoisotopic (exact) mass is 541 g/mol. The molecule has 1 aliphatic rings. The maximum Gasteiger partial charge on any atom is 0.335 e. The van der Waals surface area contributed by atoms with E-state index in [9.17, 15) is 14.7 Å². The molecule has 190 valence electrons. The molecule has 1 amide bonds. The third-order valence-corrected chi connectivity index (χ3v) is 7.51. The summed E-state index contributed by atoms with van der Waals surface area (Å²) in [6.45, 7) is 4.33.